The molecular weight excluding hydrogens is 208 g/mol. The van der Waals surface area contributed by atoms with Crippen LogP contribution in [0, 0.1) is 18.6 Å². The molecule has 0 heterocycles. The van der Waals surface area contributed by atoms with E-state index < -0.39 is 11.6 Å². The summed E-state index contributed by atoms with van der Waals surface area (Å²) < 4.78 is 26.7. The lowest BCUT2D eigenvalue weighted by Crippen LogP contribution is -2.18. The largest absolute Gasteiger partial charge is 0.314 e. The van der Waals surface area contributed by atoms with E-state index in [1.54, 1.807) is 19.1 Å². The number of aryl methyl sites for hydroxylation is 2. The fourth-order valence-corrected chi connectivity index (χ4v) is 1.75. The number of nitrogens with one attached hydrogen (secondary N) is 1. The van der Waals surface area contributed by atoms with Crippen LogP contribution in [0.5, 0.6) is 0 Å². The maximum Gasteiger partial charge on any atom is 0.162 e. The minimum absolute atomic E-state index is 0.373. The van der Waals surface area contributed by atoms with Gasteiger partial charge < -0.3 is 5.32 Å². The summed E-state index contributed by atoms with van der Waals surface area (Å²) in [6, 6.07) is 4.01. The highest BCUT2D eigenvalue weighted by Crippen LogP contribution is 2.19. The van der Waals surface area contributed by atoms with Crippen molar-refractivity contribution in [1.29, 1.82) is 0 Å². The van der Waals surface area contributed by atoms with Gasteiger partial charge in [0.15, 0.2) is 11.6 Å². The molecule has 1 aromatic carbocycles. The van der Waals surface area contributed by atoms with Crippen LogP contribution in [0.25, 0.3) is 0 Å². The second-order valence-electron chi connectivity index (χ2n) is 4.50. The Morgan fingerprint density at radius 2 is 2.00 bits per heavy atom. The van der Waals surface area contributed by atoms with E-state index in [0.717, 1.165) is 13.0 Å². The molecule has 0 saturated heterocycles. The van der Waals surface area contributed by atoms with E-state index in [0.29, 0.717) is 23.6 Å². The molecule has 0 spiro atoms. The molecule has 0 bridgehead atoms. The Balaban J connectivity index is 1.85. The summed E-state index contributed by atoms with van der Waals surface area (Å²) in [4.78, 5) is 0. The quantitative estimate of drug-likeness (QED) is 0.760. The van der Waals surface area contributed by atoms with Crippen molar-refractivity contribution in [3.05, 3.63) is 34.9 Å². The third-order valence-corrected chi connectivity index (χ3v) is 2.99. The Bertz CT molecular complexity index is 372. The van der Waals surface area contributed by atoms with Crippen molar-refractivity contribution in [3.8, 4) is 0 Å². The van der Waals surface area contributed by atoms with Gasteiger partial charge in [-0.25, -0.2) is 8.78 Å². The van der Waals surface area contributed by atoms with Gasteiger partial charge in [-0.2, -0.15) is 0 Å². The van der Waals surface area contributed by atoms with E-state index >= 15 is 0 Å². The summed E-state index contributed by atoms with van der Waals surface area (Å²) in [6.45, 7) is 2.47. The molecule has 88 valence electrons. The van der Waals surface area contributed by atoms with Crippen LogP contribution in [-0.4, -0.2) is 12.6 Å². The van der Waals surface area contributed by atoms with Gasteiger partial charge in [0.05, 0.1) is 0 Å². The smallest absolute Gasteiger partial charge is 0.162 e. The minimum atomic E-state index is -0.701. The predicted octanol–water partition coefficient (Wildman–Crippen LogP) is 2.96. The molecule has 1 saturated carbocycles. The van der Waals surface area contributed by atoms with Gasteiger partial charge in [0.25, 0.3) is 0 Å². The standard InChI is InChI=1S/C13H17F2N/c1-9-4-5-10(13(15)12(9)14)3-2-8-16-11-6-7-11/h4-5,11,16H,2-3,6-8H2,1H3. The van der Waals surface area contributed by atoms with Gasteiger partial charge in [0.2, 0.25) is 0 Å². The van der Waals surface area contributed by atoms with Crippen LogP contribution < -0.4 is 5.32 Å². The van der Waals surface area contributed by atoms with E-state index in [9.17, 15) is 8.78 Å². The van der Waals surface area contributed by atoms with Crippen molar-refractivity contribution in [1.82, 2.24) is 5.32 Å². The van der Waals surface area contributed by atoms with Crippen LogP contribution in [0.2, 0.25) is 0 Å². The molecule has 0 unspecified atom stereocenters. The first-order chi connectivity index (χ1) is 7.68. The number of rotatable bonds is 5. The zero-order chi connectivity index (χ0) is 11.5. The molecule has 16 heavy (non-hydrogen) atoms. The molecule has 3 heteroatoms. The van der Waals surface area contributed by atoms with Crippen molar-refractivity contribution in [2.75, 3.05) is 6.54 Å². The molecule has 1 aromatic rings. The van der Waals surface area contributed by atoms with Gasteiger partial charge >= 0.3 is 0 Å². The average molecular weight is 225 g/mol. The van der Waals surface area contributed by atoms with Crippen molar-refractivity contribution in [2.24, 2.45) is 0 Å². The number of hydrogen-bond donors (Lipinski definition) is 1. The van der Waals surface area contributed by atoms with Crippen LogP contribution in [0.15, 0.2) is 12.1 Å². The summed E-state index contributed by atoms with van der Waals surface area (Å²) in [5, 5.41) is 3.36. The van der Waals surface area contributed by atoms with Crippen molar-refractivity contribution < 1.29 is 8.78 Å². The molecule has 1 nitrogen and oxygen atoms in total. The summed E-state index contributed by atoms with van der Waals surface area (Å²) >= 11 is 0. The lowest BCUT2D eigenvalue weighted by atomic mass is 10.1. The SMILES string of the molecule is Cc1ccc(CCCNC2CC2)c(F)c1F. The summed E-state index contributed by atoms with van der Waals surface area (Å²) in [5.41, 5.74) is 0.859. The van der Waals surface area contributed by atoms with E-state index in [2.05, 4.69) is 5.32 Å². The number of hydrogen-bond acceptors (Lipinski definition) is 1. The maximum absolute atomic E-state index is 13.5. The van der Waals surface area contributed by atoms with E-state index in [-0.39, 0.29) is 0 Å². The fourth-order valence-electron chi connectivity index (χ4n) is 1.75. The molecule has 0 atom stereocenters. The minimum Gasteiger partial charge on any atom is -0.314 e. The monoisotopic (exact) mass is 225 g/mol. The second-order valence-corrected chi connectivity index (χ2v) is 4.50. The van der Waals surface area contributed by atoms with Gasteiger partial charge in [-0.05, 0) is 50.3 Å². The molecule has 1 N–H and O–H groups in total. The highest BCUT2D eigenvalue weighted by Gasteiger charge is 2.19. The first-order valence-electron chi connectivity index (χ1n) is 5.85. The van der Waals surface area contributed by atoms with E-state index in [1.165, 1.54) is 12.8 Å². The lowest BCUT2D eigenvalue weighted by Gasteiger charge is -2.06. The summed E-state index contributed by atoms with van der Waals surface area (Å²) in [5.74, 6) is -1.38. The number of halogens is 2. The molecular formula is C13H17F2N. The molecule has 1 fully saturated rings. The van der Waals surface area contributed by atoms with Crippen molar-refractivity contribution >= 4 is 0 Å². The van der Waals surface area contributed by atoms with Gasteiger partial charge in [-0.1, -0.05) is 12.1 Å². The Hall–Kier alpha value is -0.960. The Labute approximate surface area is 94.9 Å². The van der Waals surface area contributed by atoms with E-state index in [4.69, 9.17) is 0 Å². The highest BCUT2D eigenvalue weighted by molar-refractivity contribution is 5.25. The molecule has 2 rings (SSSR count). The average Bonchev–Trinajstić information content (AvgIpc) is 3.08. The normalized spacial score (nSPS) is 15.4. The van der Waals surface area contributed by atoms with Crippen LogP contribution in [0.3, 0.4) is 0 Å². The predicted molar refractivity (Wildman–Crippen MR) is 60.4 cm³/mol. The molecule has 0 amide bonds. The second kappa shape index (κ2) is 4.91. The van der Waals surface area contributed by atoms with Gasteiger partial charge in [0, 0.05) is 6.04 Å². The molecule has 0 aliphatic heterocycles. The first kappa shape index (κ1) is 11.5. The van der Waals surface area contributed by atoms with Crippen LogP contribution in [-0.2, 0) is 6.42 Å². The molecule has 0 aromatic heterocycles. The van der Waals surface area contributed by atoms with Crippen molar-refractivity contribution in [2.45, 2.75) is 38.6 Å². The molecule has 1 aliphatic carbocycles. The third-order valence-electron chi connectivity index (χ3n) is 2.99. The van der Waals surface area contributed by atoms with Gasteiger partial charge in [-0.3, -0.25) is 0 Å². The topological polar surface area (TPSA) is 12.0 Å². The third kappa shape index (κ3) is 2.79. The Kier molecular flexibility index (Phi) is 3.54. The zero-order valence-corrected chi connectivity index (χ0v) is 9.52. The maximum atomic E-state index is 13.5. The van der Waals surface area contributed by atoms with Crippen LogP contribution in [0.4, 0.5) is 8.78 Å². The van der Waals surface area contributed by atoms with E-state index in [1.807, 2.05) is 0 Å². The lowest BCUT2D eigenvalue weighted by molar-refractivity contribution is 0.490. The highest BCUT2D eigenvalue weighted by atomic mass is 19.2. The van der Waals surface area contributed by atoms with Crippen molar-refractivity contribution in [3.63, 3.8) is 0 Å². The van der Waals surface area contributed by atoms with Gasteiger partial charge in [-0.15, -0.1) is 0 Å². The number of benzene rings is 1. The molecule has 1 aliphatic rings. The van der Waals surface area contributed by atoms with Gasteiger partial charge in [0.1, 0.15) is 0 Å². The zero-order valence-electron chi connectivity index (χ0n) is 9.52. The summed E-state index contributed by atoms with van der Waals surface area (Å²) in [7, 11) is 0. The van der Waals surface area contributed by atoms with Crippen LogP contribution in [0.1, 0.15) is 30.4 Å². The Morgan fingerprint density at radius 3 is 2.69 bits per heavy atom. The first-order valence-corrected chi connectivity index (χ1v) is 5.85. The Morgan fingerprint density at radius 1 is 1.25 bits per heavy atom. The van der Waals surface area contributed by atoms with Crippen LogP contribution >= 0.6 is 0 Å². The fraction of sp³-hybridized carbons (Fsp3) is 0.538. The summed E-state index contributed by atoms with van der Waals surface area (Å²) in [6.07, 6.45) is 3.97. The molecule has 0 radical (unpaired) electrons.